The van der Waals surface area contributed by atoms with Crippen molar-refractivity contribution in [2.75, 3.05) is 39.9 Å². The van der Waals surface area contributed by atoms with Gasteiger partial charge in [-0.15, -0.1) is 0 Å². The summed E-state index contributed by atoms with van der Waals surface area (Å²) in [5.41, 5.74) is 1.31. The van der Waals surface area contributed by atoms with E-state index in [0.717, 1.165) is 30.0 Å². The molecule has 2 atom stereocenters. The number of hydrogen-bond donors (Lipinski definition) is 0. The molecule has 0 unspecified atom stereocenters. The highest BCUT2D eigenvalue weighted by atomic mass is 16.5. The zero-order valence-corrected chi connectivity index (χ0v) is 16.2. The summed E-state index contributed by atoms with van der Waals surface area (Å²) in [6.07, 6.45) is 5.64. The number of hydrogen-bond acceptors (Lipinski definition) is 4. The van der Waals surface area contributed by atoms with Crippen molar-refractivity contribution in [1.82, 2.24) is 9.80 Å². The molecule has 140 valence electrons. The quantitative estimate of drug-likeness (QED) is 0.782. The lowest BCUT2D eigenvalue weighted by Crippen LogP contribution is -2.50. The van der Waals surface area contributed by atoms with Crippen molar-refractivity contribution in [2.24, 2.45) is 5.92 Å². The molecule has 0 aromatic heterocycles. The molecule has 2 fully saturated rings. The van der Waals surface area contributed by atoms with Crippen LogP contribution >= 0.6 is 0 Å². The molecule has 1 aromatic rings. The summed E-state index contributed by atoms with van der Waals surface area (Å²) in [4.78, 5) is 5.31. The minimum Gasteiger partial charge on any atom is -0.493 e. The average Bonchev–Trinajstić information content (AvgIpc) is 2.63. The second kappa shape index (κ2) is 8.91. The van der Waals surface area contributed by atoms with E-state index in [1.807, 2.05) is 13.0 Å². The van der Waals surface area contributed by atoms with E-state index < -0.39 is 0 Å². The molecule has 2 aliphatic rings. The van der Waals surface area contributed by atoms with Gasteiger partial charge in [0.05, 0.1) is 13.7 Å². The largest absolute Gasteiger partial charge is 0.493 e. The van der Waals surface area contributed by atoms with E-state index in [2.05, 4.69) is 28.9 Å². The Morgan fingerprint density at radius 3 is 2.56 bits per heavy atom. The fourth-order valence-electron chi connectivity index (χ4n) is 4.37. The van der Waals surface area contributed by atoms with Gasteiger partial charge in [-0.3, -0.25) is 9.80 Å². The van der Waals surface area contributed by atoms with Gasteiger partial charge >= 0.3 is 0 Å². The predicted octanol–water partition coefficient (Wildman–Crippen LogP) is 3.79. The molecular formula is C21H34N2O2. The Morgan fingerprint density at radius 2 is 1.88 bits per heavy atom. The van der Waals surface area contributed by atoms with Crippen LogP contribution in [-0.4, -0.2) is 55.7 Å². The maximum Gasteiger partial charge on any atom is 0.161 e. The van der Waals surface area contributed by atoms with Crippen LogP contribution in [-0.2, 0) is 6.54 Å². The topological polar surface area (TPSA) is 24.9 Å². The molecular weight excluding hydrogens is 312 g/mol. The molecule has 0 spiro atoms. The molecule has 1 heterocycles. The number of piperazine rings is 1. The monoisotopic (exact) mass is 346 g/mol. The molecule has 0 N–H and O–H groups in total. The molecule has 0 radical (unpaired) electrons. The van der Waals surface area contributed by atoms with E-state index in [1.165, 1.54) is 57.4 Å². The summed E-state index contributed by atoms with van der Waals surface area (Å²) in [7, 11) is 1.70. The Labute approximate surface area is 153 Å². The van der Waals surface area contributed by atoms with Gasteiger partial charge in [-0.25, -0.2) is 0 Å². The lowest BCUT2D eigenvalue weighted by atomic mass is 9.86. The first-order valence-electron chi connectivity index (χ1n) is 9.95. The van der Waals surface area contributed by atoms with E-state index in [1.54, 1.807) is 7.11 Å². The Bertz CT molecular complexity index is 541. The van der Waals surface area contributed by atoms with Crippen LogP contribution in [0.3, 0.4) is 0 Å². The van der Waals surface area contributed by atoms with E-state index in [4.69, 9.17) is 9.47 Å². The van der Waals surface area contributed by atoms with Crippen molar-refractivity contribution in [1.29, 1.82) is 0 Å². The van der Waals surface area contributed by atoms with Gasteiger partial charge in [0.15, 0.2) is 11.5 Å². The minimum absolute atomic E-state index is 0.665. The molecule has 1 saturated carbocycles. The van der Waals surface area contributed by atoms with Gasteiger partial charge in [0.2, 0.25) is 0 Å². The minimum atomic E-state index is 0.665. The molecule has 25 heavy (non-hydrogen) atoms. The molecule has 1 aliphatic heterocycles. The molecule has 4 nitrogen and oxygen atoms in total. The fraction of sp³-hybridized carbons (Fsp3) is 0.714. The molecule has 4 heteroatoms. The van der Waals surface area contributed by atoms with Crippen molar-refractivity contribution in [3.8, 4) is 11.5 Å². The van der Waals surface area contributed by atoms with Crippen molar-refractivity contribution >= 4 is 0 Å². The molecule has 0 bridgehead atoms. The summed E-state index contributed by atoms with van der Waals surface area (Å²) < 4.78 is 11.1. The number of nitrogens with zero attached hydrogens (tertiary/aromatic N) is 2. The summed E-state index contributed by atoms with van der Waals surface area (Å²) >= 11 is 0. The third kappa shape index (κ3) is 4.89. The van der Waals surface area contributed by atoms with Crippen LogP contribution in [0.5, 0.6) is 11.5 Å². The van der Waals surface area contributed by atoms with Crippen molar-refractivity contribution in [3.63, 3.8) is 0 Å². The highest BCUT2D eigenvalue weighted by Gasteiger charge is 2.27. The molecule has 0 amide bonds. The number of methoxy groups -OCH3 is 1. The molecule has 1 aliphatic carbocycles. The van der Waals surface area contributed by atoms with E-state index in [9.17, 15) is 0 Å². The van der Waals surface area contributed by atoms with Crippen LogP contribution < -0.4 is 9.47 Å². The first kappa shape index (κ1) is 18.5. The van der Waals surface area contributed by atoms with E-state index >= 15 is 0 Å². The second-order valence-electron chi connectivity index (χ2n) is 7.66. The van der Waals surface area contributed by atoms with Crippen LogP contribution in [0.4, 0.5) is 0 Å². The predicted molar refractivity (Wildman–Crippen MR) is 102 cm³/mol. The summed E-state index contributed by atoms with van der Waals surface area (Å²) in [6.45, 7) is 10.9. The first-order chi connectivity index (χ1) is 12.2. The van der Waals surface area contributed by atoms with Crippen molar-refractivity contribution in [2.45, 2.75) is 52.1 Å². The van der Waals surface area contributed by atoms with Gasteiger partial charge in [-0.2, -0.15) is 0 Å². The molecule has 1 aromatic carbocycles. The normalized spacial score (nSPS) is 25.7. The second-order valence-corrected chi connectivity index (χ2v) is 7.66. The Morgan fingerprint density at radius 1 is 1.08 bits per heavy atom. The number of rotatable bonds is 6. The molecule has 3 rings (SSSR count). The zero-order chi connectivity index (χ0) is 17.6. The molecule has 1 saturated heterocycles. The maximum atomic E-state index is 5.71. The van der Waals surface area contributed by atoms with Crippen LogP contribution in [0.1, 0.15) is 45.1 Å². The Hall–Kier alpha value is -1.26. The van der Waals surface area contributed by atoms with Crippen molar-refractivity contribution in [3.05, 3.63) is 23.8 Å². The van der Waals surface area contributed by atoms with E-state index in [-0.39, 0.29) is 0 Å². The fourth-order valence-corrected chi connectivity index (χ4v) is 4.37. The summed E-state index contributed by atoms with van der Waals surface area (Å²) in [5, 5.41) is 0. The van der Waals surface area contributed by atoms with Crippen LogP contribution in [0.25, 0.3) is 0 Å². The zero-order valence-electron chi connectivity index (χ0n) is 16.2. The summed E-state index contributed by atoms with van der Waals surface area (Å²) in [6, 6.07) is 7.16. The van der Waals surface area contributed by atoms with Crippen LogP contribution in [0.2, 0.25) is 0 Å². The third-order valence-electron chi connectivity index (χ3n) is 5.77. The van der Waals surface area contributed by atoms with Crippen molar-refractivity contribution < 1.29 is 9.47 Å². The van der Waals surface area contributed by atoms with Gasteiger partial charge in [-0.05, 0) is 43.4 Å². The Kier molecular flexibility index (Phi) is 6.60. The third-order valence-corrected chi connectivity index (χ3v) is 5.77. The van der Waals surface area contributed by atoms with Crippen LogP contribution in [0, 0.1) is 5.92 Å². The maximum absolute atomic E-state index is 5.71. The Balaban J connectivity index is 1.52. The highest BCUT2D eigenvalue weighted by molar-refractivity contribution is 5.42. The lowest BCUT2D eigenvalue weighted by molar-refractivity contribution is 0.0659. The van der Waals surface area contributed by atoms with Gasteiger partial charge in [0.1, 0.15) is 0 Å². The van der Waals surface area contributed by atoms with Gasteiger partial charge in [-0.1, -0.05) is 25.8 Å². The first-order valence-corrected chi connectivity index (χ1v) is 9.95. The SMILES string of the molecule is CCOc1cc(CN2CCN([C@@H]3CCC[C@@H](C)C3)CC2)ccc1OC. The number of benzene rings is 1. The standard InChI is InChI=1S/C21H34N2O2/c1-4-25-21-15-18(8-9-20(21)24-3)16-22-10-12-23(13-11-22)19-7-5-6-17(2)14-19/h8-9,15,17,19H,4-7,10-14,16H2,1-3H3/t17-,19-/m1/s1. The number of ether oxygens (including phenoxy) is 2. The van der Waals surface area contributed by atoms with Gasteiger partial charge in [0.25, 0.3) is 0 Å². The highest BCUT2D eigenvalue weighted by Crippen LogP contribution is 2.30. The smallest absolute Gasteiger partial charge is 0.161 e. The van der Waals surface area contributed by atoms with Gasteiger partial charge in [0, 0.05) is 38.8 Å². The van der Waals surface area contributed by atoms with E-state index in [0.29, 0.717) is 6.61 Å². The van der Waals surface area contributed by atoms with Gasteiger partial charge < -0.3 is 9.47 Å². The van der Waals surface area contributed by atoms with Crippen LogP contribution in [0.15, 0.2) is 18.2 Å². The average molecular weight is 347 g/mol. The lowest BCUT2D eigenvalue weighted by Gasteiger charge is -2.42. The summed E-state index contributed by atoms with van der Waals surface area (Å²) in [5.74, 6) is 2.59.